The molecule has 0 saturated carbocycles. The maximum absolute atomic E-state index is 8.66. The van der Waals surface area contributed by atoms with Crippen molar-refractivity contribution in [3.8, 4) is 0 Å². The van der Waals surface area contributed by atoms with Gasteiger partial charge in [-0.2, -0.15) is 0 Å². The highest BCUT2D eigenvalue weighted by molar-refractivity contribution is 7.99. The van der Waals surface area contributed by atoms with Crippen LogP contribution in [0.15, 0.2) is 17.7 Å². The Balaban J connectivity index is 1.91. The molecule has 0 aliphatic heterocycles. The molecule has 0 spiro atoms. The highest BCUT2D eigenvalue weighted by Crippen LogP contribution is 2.22. The van der Waals surface area contributed by atoms with Gasteiger partial charge in [-0.1, -0.05) is 6.42 Å². The van der Waals surface area contributed by atoms with Gasteiger partial charge in [0.15, 0.2) is 5.65 Å². The third-order valence-corrected chi connectivity index (χ3v) is 3.31. The van der Waals surface area contributed by atoms with E-state index in [4.69, 9.17) is 5.11 Å². The molecule has 2 N–H and O–H groups in total. The van der Waals surface area contributed by atoms with Crippen molar-refractivity contribution >= 4 is 22.9 Å². The topological polar surface area (TPSA) is 74.7 Å². The molecule has 2 rings (SSSR count). The lowest BCUT2D eigenvalue weighted by molar-refractivity contribution is 0.284. The number of aromatic amines is 1. The average Bonchev–Trinajstić information content (AvgIpc) is 2.77. The van der Waals surface area contributed by atoms with E-state index in [1.54, 1.807) is 24.4 Å². The molecule has 0 aliphatic rings. The number of thioether (sulfide) groups is 1. The minimum Gasteiger partial charge on any atom is -0.396 e. The predicted octanol–water partition coefficient (Wildman–Crippen LogP) is 1.61. The molecule has 2 aromatic heterocycles. The summed E-state index contributed by atoms with van der Waals surface area (Å²) in [6.07, 6.45) is 6.20. The van der Waals surface area contributed by atoms with E-state index in [0.29, 0.717) is 5.65 Å². The Morgan fingerprint density at radius 1 is 1.19 bits per heavy atom. The Labute approximate surface area is 97.7 Å². The summed E-state index contributed by atoms with van der Waals surface area (Å²) in [5.41, 5.74) is 1.63. The number of imidazole rings is 1. The summed E-state index contributed by atoms with van der Waals surface area (Å²) in [6.45, 7) is 0.281. The summed E-state index contributed by atoms with van der Waals surface area (Å²) in [7, 11) is 0. The van der Waals surface area contributed by atoms with Crippen LogP contribution in [-0.4, -0.2) is 37.4 Å². The second-order valence-corrected chi connectivity index (χ2v) is 4.50. The summed E-state index contributed by atoms with van der Waals surface area (Å²) >= 11 is 1.70. The molecule has 0 radical (unpaired) electrons. The largest absolute Gasteiger partial charge is 0.396 e. The molecule has 0 saturated heterocycles. The second kappa shape index (κ2) is 5.81. The number of nitrogens with zero attached hydrogens (tertiary/aromatic N) is 3. The van der Waals surface area contributed by atoms with Crippen LogP contribution in [-0.2, 0) is 0 Å². The third kappa shape index (κ3) is 2.70. The molecule has 0 unspecified atom stereocenters. The van der Waals surface area contributed by atoms with Crippen LogP contribution in [0.25, 0.3) is 11.2 Å². The fourth-order valence-corrected chi connectivity index (χ4v) is 2.37. The Bertz CT molecular complexity index is 445. The molecule has 2 aromatic rings. The molecule has 86 valence electrons. The van der Waals surface area contributed by atoms with Crippen LogP contribution in [0.3, 0.4) is 0 Å². The zero-order valence-electron chi connectivity index (χ0n) is 8.89. The number of rotatable bonds is 6. The van der Waals surface area contributed by atoms with Gasteiger partial charge in [-0.05, 0) is 18.6 Å². The van der Waals surface area contributed by atoms with Gasteiger partial charge < -0.3 is 10.1 Å². The Morgan fingerprint density at radius 2 is 2.12 bits per heavy atom. The number of aliphatic hydroxyl groups excluding tert-OH is 1. The zero-order valence-corrected chi connectivity index (χ0v) is 9.70. The molecule has 0 atom stereocenters. The van der Waals surface area contributed by atoms with Crippen LogP contribution in [0, 0.1) is 0 Å². The highest BCUT2D eigenvalue weighted by atomic mass is 32.2. The summed E-state index contributed by atoms with van der Waals surface area (Å²) in [5, 5.41) is 9.61. The van der Waals surface area contributed by atoms with Gasteiger partial charge in [0.05, 0.1) is 6.33 Å². The first-order valence-corrected chi connectivity index (χ1v) is 6.28. The Kier molecular flexibility index (Phi) is 4.12. The summed E-state index contributed by atoms with van der Waals surface area (Å²) in [6, 6.07) is 0. The van der Waals surface area contributed by atoms with E-state index < -0.39 is 0 Å². The van der Waals surface area contributed by atoms with E-state index in [1.807, 2.05) is 0 Å². The van der Waals surface area contributed by atoms with Gasteiger partial charge in [0.1, 0.15) is 16.9 Å². The number of aromatic nitrogens is 4. The van der Waals surface area contributed by atoms with Crippen molar-refractivity contribution in [3.63, 3.8) is 0 Å². The lowest BCUT2D eigenvalue weighted by Gasteiger charge is -2.00. The van der Waals surface area contributed by atoms with E-state index in [-0.39, 0.29) is 6.61 Å². The number of H-pyrrole nitrogens is 1. The first-order chi connectivity index (χ1) is 7.92. The lowest BCUT2D eigenvalue weighted by Crippen LogP contribution is -1.89. The quantitative estimate of drug-likeness (QED) is 0.454. The Hall–Kier alpha value is -1.14. The van der Waals surface area contributed by atoms with Crippen molar-refractivity contribution in [2.75, 3.05) is 12.4 Å². The predicted molar refractivity (Wildman–Crippen MR) is 63.3 cm³/mol. The molecule has 5 nitrogen and oxygen atoms in total. The normalized spacial score (nSPS) is 11.1. The molecule has 0 amide bonds. The van der Waals surface area contributed by atoms with Crippen LogP contribution in [0.1, 0.15) is 19.3 Å². The monoisotopic (exact) mass is 238 g/mol. The first-order valence-electron chi connectivity index (χ1n) is 5.29. The lowest BCUT2D eigenvalue weighted by atomic mass is 10.3. The first kappa shape index (κ1) is 11.3. The van der Waals surface area contributed by atoms with E-state index in [1.165, 1.54) is 0 Å². The average molecular weight is 238 g/mol. The van der Waals surface area contributed by atoms with E-state index in [9.17, 15) is 0 Å². The highest BCUT2D eigenvalue weighted by Gasteiger charge is 2.05. The van der Waals surface area contributed by atoms with Crippen molar-refractivity contribution in [2.45, 2.75) is 24.3 Å². The maximum Gasteiger partial charge on any atom is 0.181 e. The molecule has 0 fully saturated rings. The summed E-state index contributed by atoms with van der Waals surface area (Å²) in [5.74, 6) is 1.01. The van der Waals surface area contributed by atoms with Crippen LogP contribution < -0.4 is 0 Å². The SMILES string of the molecule is OCCCCCSc1ncnc2nc[nH]c12. The maximum atomic E-state index is 8.66. The molecule has 16 heavy (non-hydrogen) atoms. The van der Waals surface area contributed by atoms with Crippen LogP contribution >= 0.6 is 11.8 Å². The van der Waals surface area contributed by atoms with E-state index in [2.05, 4.69) is 19.9 Å². The number of hydrogen-bond acceptors (Lipinski definition) is 5. The number of unbranched alkanes of at least 4 members (excludes halogenated alkanes) is 2. The smallest absolute Gasteiger partial charge is 0.181 e. The summed E-state index contributed by atoms with van der Waals surface area (Å²) < 4.78 is 0. The van der Waals surface area contributed by atoms with Gasteiger partial charge >= 0.3 is 0 Å². The molecular formula is C10H14N4OS. The van der Waals surface area contributed by atoms with Crippen LogP contribution in [0.4, 0.5) is 0 Å². The third-order valence-electron chi connectivity index (χ3n) is 2.23. The molecule has 2 heterocycles. The standard InChI is InChI=1S/C10H14N4OS/c15-4-2-1-3-5-16-10-8-9(12-6-11-8)13-7-14-10/h6-7,15H,1-5H2,(H,11,12,13,14). The second-order valence-electron chi connectivity index (χ2n) is 3.41. The van der Waals surface area contributed by atoms with Crippen LogP contribution in [0.5, 0.6) is 0 Å². The van der Waals surface area contributed by atoms with Gasteiger partial charge in [0, 0.05) is 6.61 Å². The fraction of sp³-hybridized carbons (Fsp3) is 0.500. The van der Waals surface area contributed by atoms with Crippen molar-refractivity contribution in [3.05, 3.63) is 12.7 Å². The van der Waals surface area contributed by atoms with Gasteiger partial charge in [0.2, 0.25) is 0 Å². The number of fused-ring (bicyclic) bond motifs is 1. The zero-order chi connectivity index (χ0) is 11.2. The molecule has 6 heteroatoms. The Morgan fingerprint density at radius 3 is 3.00 bits per heavy atom. The van der Waals surface area contributed by atoms with Gasteiger partial charge in [-0.15, -0.1) is 11.8 Å². The minimum absolute atomic E-state index is 0.281. The van der Waals surface area contributed by atoms with E-state index in [0.717, 1.165) is 35.6 Å². The number of nitrogens with one attached hydrogen (secondary N) is 1. The van der Waals surface area contributed by atoms with Crippen LogP contribution in [0.2, 0.25) is 0 Å². The van der Waals surface area contributed by atoms with E-state index >= 15 is 0 Å². The summed E-state index contributed by atoms with van der Waals surface area (Å²) in [4.78, 5) is 15.4. The number of hydrogen-bond donors (Lipinski definition) is 2. The van der Waals surface area contributed by atoms with Crippen molar-refractivity contribution in [1.29, 1.82) is 0 Å². The molecule has 0 aromatic carbocycles. The minimum atomic E-state index is 0.281. The molecule has 0 bridgehead atoms. The fourth-order valence-electron chi connectivity index (χ4n) is 1.41. The van der Waals surface area contributed by atoms with Crippen molar-refractivity contribution in [1.82, 2.24) is 19.9 Å². The molecule has 0 aliphatic carbocycles. The van der Waals surface area contributed by atoms with Crippen molar-refractivity contribution < 1.29 is 5.11 Å². The van der Waals surface area contributed by atoms with Gasteiger partial charge in [-0.25, -0.2) is 15.0 Å². The molecular weight excluding hydrogens is 224 g/mol. The number of aliphatic hydroxyl groups is 1. The van der Waals surface area contributed by atoms with Gasteiger partial charge in [0.25, 0.3) is 0 Å². The van der Waals surface area contributed by atoms with Crippen molar-refractivity contribution in [2.24, 2.45) is 0 Å². The van der Waals surface area contributed by atoms with Gasteiger partial charge in [-0.3, -0.25) is 0 Å².